The number of benzene rings is 1. The lowest BCUT2D eigenvalue weighted by Crippen LogP contribution is -2.28. The second kappa shape index (κ2) is 5.24. The Kier molecular flexibility index (Phi) is 3.80. The van der Waals surface area contributed by atoms with Crippen molar-refractivity contribution in [1.29, 1.82) is 0 Å². The molecule has 4 nitrogen and oxygen atoms in total. The van der Waals surface area contributed by atoms with E-state index in [1.807, 2.05) is 0 Å². The summed E-state index contributed by atoms with van der Waals surface area (Å²) in [7, 11) is 0. The molecule has 0 saturated carbocycles. The summed E-state index contributed by atoms with van der Waals surface area (Å²) in [6.45, 7) is 1.99. The van der Waals surface area contributed by atoms with Crippen LogP contribution in [-0.2, 0) is 11.0 Å². The van der Waals surface area contributed by atoms with E-state index in [1.165, 1.54) is 12.1 Å². The predicted molar refractivity (Wildman–Crippen MR) is 69.2 cm³/mol. The lowest BCUT2D eigenvalue weighted by molar-refractivity contribution is -0.137. The molecule has 0 saturated heterocycles. The Hall–Kier alpha value is -1.89. The third kappa shape index (κ3) is 2.67. The van der Waals surface area contributed by atoms with Gasteiger partial charge in [0.05, 0.1) is 17.2 Å². The molecule has 108 valence electrons. The summed E-state index contributed by atoms with van der Waals surface area (Å²) in [5.41, 5.74) is 5.30. The van der Waals surface area contributed by atoms with Gasteiger partial charge in [-0.1, -0.05) is 6.07 Å². The fourth-order valence-electron chi connectivity index (χ4n) is 2.10. The molecule has 7 heteroatoms. The number of hydrazone groups is 1. The van der Waals surface area contributed by atoms with Crippen LogP contribution in [0, 0.1) is 5.92 Å². The van der Waals surface area contributed by atoms with Crippen LogP contribution in [-0.4, -0.2) is 18.2 Å². The van der Waals surface area contributed by atoms with E-state index in [4.69, 9.17) is 5.73 Å². The topological polar surface area (TPSA) is 58.7 Å². The molecule has 1 aromatic rings. The van der Waals surface area contributed by atoms with Crippen molar-refractivity contribution >= 4 is 17.3 Å². The highest BCUT2D eigenvalue weighted by atomic mass is 19.4. The Labute approximate surface area is 114 Å². The third-order valence-corrected chi connectivity index (χ3v) is 3.14. The zero-order chi connectivity index (χ0) is 14.9. The van der Waals surface area contributed by atoms with Crippen molar-refractivity contribution in [2.24, 2.45) is 16.8 Å². The van der Waals surface area contributed by atoms with E-state index in [9.17, 15) is 18.0 Å². The molecule has 2 N–H and O–H groups in total. The van der Waals surface area contributed by atoms with E-state index in [0.717, 1.165) is 17.1 Å². The molecule has 0 spiro atoms. The molecule has 1 amide bonds. The quantitative estimate of drug-likeness (QED) is 0.927. The average Bonchev–Trinajstić information content (AvgIpc) is 2.66. The first-order chi connectivity index (χ1) is 9.34. The third-order valence-electron chi connectivity index (χ3n) is 3.14. The standard InChI is InChI=1S/C13H14F3N3O/c1-8-11(5-6-17)12(20)19(18-8)10-4-2-3-9(7-10)13(14,15)16/h2-4,7,11H,5-6,17H2,1H3. The van der Waals surface area contributed by atoms with Gasteiger partial charge in [-0.25, -0.2) is 5.01 Å². The van der Waals surface area contributed by atoms with Crippen LogP contribution in [0.25, 0.3) is 0 Å². The molecule has 1 atom stereocenters. The predicted octanol–water partition coefficient (Wildman–Crippen LogP) is 2.39. The highest BCUT2D eigenvalue weighted by Gasteiger charge is 2.35. The van der Waals surface area contributed by atoms with E-state index < -0.39 is 17.7 Å². The molecule has 1 unspecified atom stereocenters. The normalized spacial score (nSPS) is 19.4. The molecule has 1 heterocycles. The maximum absolute atomic E-state index is 12.7. The van der Waals surface area contributed by atoms with Gasteiger partial charge in [-0.2, -0.15) is 18.3 Å². The first-order valence-corrected chi connectivity index (χ1v) is 6.11. The van der Waals surface area contributed by atoms with Crippen LogP contribution in [0.2, 0.25) is 0 Å². The van der Waals surface area contributed by atoms with Crippen LogP contribution in [0.1, 0.15) is 18.9 Å². The van der Waals surface area contributed by atoms with Crippen molar-refractivity contribution in [3.8, 4) is 0 Å². The fourth-order valence-corrected chi connectivity index (χ4v) is 2.10. The number of nitrogens with zero attached hydrogens (tertiary/aromatic N) is 2. The van der Waals surface area contributed by atoms with Gasteiger partial charge in [0, 0.05) is 5.71 Å². The molecule has 0 bridgehead atoms. The van der Waals surface area contributed by atoms with Gasteiger partial charge in [-0.05, 0) is 38.1 Å². The Balaban J connectivity index is 2.32. The highest BCUT2D eigenvalue weighted by Crippen LogP contribution is 2.33. The van der Waals surface area contributed by atoms with Crippen LogP contribution in [0.15, 0.2) is 29.4 Å². The molecule has 1 aromatic carbocycles. The monoisotopic (exact) mass is 285 g/mol. The van der Waals surface area contributed by atoms with E-state index in [0.29, 0.717) is 18.7 Å². The maximum Gasteiger partial charge on any atom is 0.416 e. The van der Waals surface area contributed by atoms with Crippen molar-refractivity contribution < 1.29 is 18.0 Å². The first-order valence-electron chi connectivity index (χ1n) is 6.11. The molecular weight excluding hydrogens is 271 g/mol. The van der Waals surface area contributed by atoms with Crippen molar-refractivity contribution in [3.63, 3.8) is 0 Å². The zero-order valence-electron chi connectivity index (χ0n) is 10.8. The second-order valence-corrected chi connectivity index (χ2v) is 4.57. The van der Waals surface area contributed by atoms with Crippen molar-refractivity contribution in [2.45, 2.75) is 19.5 Å². The minimum absolute atomic E-state index is 0.115. The van der Waals surface area contributed by atoms with Gasteiger partial charge in [0.15, 0.2) is 0 Å². The molecule has 0 aromatic heterocycles. The molecule has 0 fully saturated rings. The van der Waals surface area contributed by atoms with Crippen molar-refractivity contribution in [3.05, 3.63) is 29.8 Å². The van der Waals surface area contributed by atoms with Gasteiger partial charge in [0.25, 0.3) is 5.91 Å². The number of nitrogens with two attached hydrogens (primary N) is 1. The lowest BCUT2D eigenvalue weighted by Gasteiger charge is -2.15. The summed E-state index contributed by atoms with van der Waals surface area (Å²) in [4.78, 5) is 12.1. The second-order valence-electron chi connectivity index (χ2n) is 4.57. The molecule has 1 aliphatic heterocycles. The number of amides is 1. The largest absolute Gasteiger partial charge is 0.416 e. The summed E-state index contributed by atoms with van der Waals surface area (Å²) in [5, 5.41) is 5.06. The summed E-state index contributed by atoms with van der Waals surface area (Å²) >= 11 is 0. The highest BCUT2D eigenvalue weighted by molar-refractivity contribution is 6.14. The molecule has 20 heavy (non-hydrogen) atoms. The summed E-state index contributed by atoms with van der Waals surface area (Å²) in [5.74, 6) is -0.790. The minimum Gasteiger partial charge on any atom is -0.330 e. The Morgan fingerprint density at radius 2 is 2.10 bits per heavy atom. The SMILES string of the molecule is CC1=NN(c2cccc(C(F)(F)F)c2)C(=O)C1CCN. The van der Waals surface area contributed by atoms with Crippen molar-refractivity contribution in [2.75, 3.05) is 11.6 Å². The van der Waals surface area contributed by atoms with Gasteiger partial charge in [-0.3, -0.25) is 4.79 Å². The summed E-state index contributed by atoms with van der Waals surface area (Å²) in [6, 6.07) is 4.55. The van der Waals surface area contributed by atoms with Crippen LogP contribution in [0.4, 0.5) is 18.9 Å². The molecule has 0 radical (unpaired) electrons. The van der Waals surface area contributed by atoms with Gasteiger partial charge in [-0.15, -0.1) is 0 Å². The molecular formula is C13H14F3N3O. The van der Waals surface area contributed by atoms with Crippen LogP contribution in [0.5, 0.6) is 0 Å². The summed E-state index contributed by atoms with van der Waals surface area (Å²) in [6.07, 6.45) is -4.02. The van der Waals surface area contributed by atoms with Crippen LogP contribution >= 0.6 is 0 Å². The summed E-state index contributed by atoms with van der Waals surface area (Å²) < 4.78 is 38.0. The number of anilines is 1. The van der Waals surface area contributed by atoms with Gasteiger partial charge >= 0.3 is 6.18 Å². The van der Waals surface area contributed by atoms with Gasteiger partial charge in [0.2, 0.25) is 0 Å². The van der Waals surface area contributed by atoms with E-state index in [-0.39, 0.29) is 11.6 Å². The average molecular weight is 285 g/mol. The van der Waals surface area contributed by atoms with E-state index in [1.54, 1.807) is 6.92 Å². The minimum atomic E-state index is -4.45. The zero-order valence-corrected chi connectivity index (χ0v) is 10.8. The number of alkyl halides is 3. The van der Waals surface area contributed by atoms with Crippen molar-refractivity contribution in [1.82, 2.24) is 0 Å². The Morgan fingerprint density at radius 3 is 2.70 bits per heavy atom. The Bertz CT molecular complexity index is 554. The molecule has 1 aliphatic rings. The number of hydrogen-bond donors (Lipinski definition) is 1. The first kappa shape index (κ1) is 14.5. The van der Waals surface area contributed by atoms with E-state index >= 15 is 0 Å². The number of halogens is 3. The van der Waals surface area contributed by atoms with Gasteiger partial charge < -0.3 is 5.73 Å². The number of rotatable bonds is 3. The van der Waals surface area contributed by atoms with Gasteiger partial charge in [0.1, 0.15) is 0 Å². The molecule has 0 aliphatic carbocycles. The molecule has 2 rings (SSSR count). The van der Waals surface area contributed by atoms with Crippen LogP contribution < -0.4 is 10.7 Å². The fraction of sp³-hybridized carbons (Fsp3) is 0.385. The number of carbonyl (C=O) groups excluding carboxylic acids is 1. The number of carbonyl (C=O) groups is 1. The lowest BCUT2D eigenvalue weighted by atomic mass is 10.0. The van der Waals surface area contributed by atoms with E-state index in [2.05, 4.69) is 5.10 Å². The Morgan fingerprint density at radius 1 is 1.40 bits per heavy atom. The maximum atomic E-state index is 12.7. The smallest absolute Gasteiger partial charge is 0.330 e. The number of hydrogen-bond acceptors (Lipinski definition) is 3. The van der Waals surface area contributed by atoms with Crippen LogP contribution in [0.3, 0.4) is 0 Å².